The number of sulfone groups is 1. The Morgan fingerprint density at radius 1 is 0.795 bits per heavy atom. The van der Waals surface area contributed by atoms with Gasteiger partial charge in [-0.15, -0.1) is 0 Å². The molecule has 0 radical (unpaired) electrons. The maximum absolute atomic E-state index is 12.9. The van der Waals surface area contributed by atoms with Crippen molar-refractivity contribution in [3.8, 4) is 6.01 Å². The number of rotatable bonds is 30. The van der Waals surface area contributed by atoms with E-state index in [1.54, 1.807) is 29.8 Å². The molecule has 0 bridgehead atoms. The summed E-state index contributed by atoms with van der Waals surface area (Å²) in [4.78, 5) is 8.20. The lowest BCUT2D eigenvalue weighted by atomic mass is 10.0. The van der Waals surface area contributed by atoms with Gasteiger partial charge >= 0.3 is 6.01 Å². The van der Waals surface area contributed by atoms with Crippen LogP contribution in [0, 0.1) is 0 Å². The van der Waals surface area contributed by atoms with Gasteiger partial charge in [0.15, 0.2) is 16.0 Å². The fraction of sp³-hybridized carbons (Fsp3) is 0.794. The van der Waals surface area contributed by atoms with Gasteiger partial charge in [-0.25, -0.2) is 18.4 Å². The molecule has 2 heterocycles. The second-order valence-electron chi connectivity index (χ2n) is 11.8. The minimum atomic E-state index is -3.38. The van der Waals surface area contributed by atoms with E-state index in [1.165, 1.54) is 89.9 Å². The average molecular weight is 655 g/mol. The molecular formula is C34H60N3O5S2+. The molecule has 2 rings (SSSR count). The lowest BCUT2D eigenvalue weighted by Gasteiger charge is -2.18. The SMILES string of the molecule is CCCCCCCCCCCCCCCCCCOCC(CS(=O)(=O)CCCOC(CC)[n+]1ccsc1)Oc1ncccn1. The Balaban J connectivity index is 1.55. The van der Waals surface area contributed by atoms with Crippen molar-refractivity contribution in [2.75, 3.05) is 31.3 Å². The maximum atomic E-state index is 12.9. The van der Waals surface area contributed by atoms with Gasteiger partial charge in [0.1, 0.15) is 6.10 Å². The molecule has 10 heteroatoms. The van der Waals surface area contributed by atoms with E-state index in [1.807, 2.05) is 21.7 Å². The topological polar surface area (TPSA) is 91.5 Å². The summed E-state index contributed by atoms with van der Waals surface area (Å²) >= 11 is 1.60. The Bertz CT molecular complexity index is 1010. The summed E-state index contributed by atoms with van der Waals surface area (Å²) in [5, 5.41) is 2.00. The highest BCUT2D eigenvalue weighted by Crippen LogP contribution is 2.14. The van der Waals surface area contributed by atoms with Crippen molar-refractivity contribution in [3.05, 3.63) is 35.5 Å². The second kappa shape index (κ2) is 25.6. The summed E-state index contributed by atoms with van der Waals surface area (Å²) in [6, 6.07) is 1.87. The van der Waals surface area contributed by atoms with E-state index in [0.717, 1.165) is 19.3 Å². The van der Waals surface area contributed by atoms with E-state index in [0.29, 0.717) is 19.6 Å². The van der Waals surface area contributed by atoms with Gasteiger partial charge in [-0.1, -0.05) is 121 Å². The molecule has 252 valence electrons. The van der Waals surface area contributed by atoms with Crippen LogP contribution in [0.25, 0.3) is 0 Å². The molecule has 0 saturated carbocycles. The highest BCUT2D eigenvalue weighted by atomic mass is 32.2. The van der Waals surface area contributed by atoms with E-state index >= 15 is 0 Å². The highest BCUT2D eigenvalue weighted by molar-refractivity contribution is 7.91. The van der Waals surface area contributed by atoms with Gasteiger partial charge in [-0.3, -0.25) is 0 Å². The standard InChI is InChI=1S/C34H60N3O5S2/c1-3-5-6-7-8-9-10-11-12-13-14-15-16-17-18-19-25-40-29-32(42-34-35-22-20-23-36-34)30-44(38,39)28-21-26-41-33(4-2)37-24-27-43-31-37/h20,22-24,27,31-33H,3-19,21,25-26,28-30H2,1-2H3/q+1. The molecule has 0 amide bonds. The summed E-state index contributed by atoms with van der Waals surface area (Å²) < 4.78 is 45.5. The lowest BCUT2D eigenvalue weighted by molar-refractivity contribution is -0.758. The highest BCUT2D eigenvalue weighted by Gasteiger charge is 2.23. The van der Waals surface area contributed by atoms with E-state index < -0.39 is 15.9 Å². The Hall–Kier alpha value is -1.62. The zero-order chi connectivity index (χ0) is 31.6. The molecule has 0 saturated heterocycles. The molecule has 0 aliphatic rings. The number of aromatic nitrogens is 3. The van der Waals surface area contributed by atoms with Crippen LogP contribution in [0.2, 0.25) is 0 Å². The molecule has 2 atom stereocenters. The molecular weight excluding hydrogens is 595 g/mol. The number of unbranched alkanes of at least 4 members (excludes halogenated alkanes) is 15. The number of hydrogen-bond acceptors (Lipinski definition) is 8. The van der Waals surface area contributed by atoms with E-state index in [4.69, 9.17) is 14.2 Å². The van der Waals surface area contributed by atoms with E-state index in [2.05, 4.69) is 23.8 Å². The van der Waals surface area contributed by atoms with Crippen LogP contribution in [-0.4, -0.2) is 55.8 Å². The van der Waals surface area contributed by atoms with Crippen LogP contribution < -0.4 is 9.30 Å². The van der Waals surface area contributed by atoms with Crippen molar-refractivity contribution in [2.24, 2.45) is 0 Å². The first-order valence-electron chi connectivity index (χ1n) is 17.3. The van der Waals surface area contributed by atoms with Gasteiger partial charge in [-0.05, 0) is 18.9 Å². The molecule has 2 aromatic heterocycles. The minimum absolute atomic E-state index is 0.0341. The lowest BCUT2D eigenvalue weighted by Crippen LogP contribution is -2.38. The average Bonchev–Trinajstić information content (AvgIpc) is 3.56. The van der Waals surface area contributed by atoms with Gasteiger partial charge in [0, 0.05) is 25.4 Å². The molecule has 8 nitrogen and oxygen atoms in total. The number of ether oxygens (including phenoxy) is 3. The van der Waals surface area contributed by atoms with E-state index in [-0.39, 0.29) is 30.4 Å². The van der Waals surface area contributed by atoms with Crippen molar-refractivity contribution in [2.45, 2.75) is 142 Å². The normalized spacial score (nSPS) is 13.2. The largest absolute Gasteiger partial charge is 0.457 e. The third-order valence-electron chi connectivity index (χ3n) is 7.79. The van der Waals surface area contributed by atoms with Crippen LogP contribution in [0.1, 0.15) is 136 Å². The smallest absolute Gasteiger partial charge is 0.316 e. The van der Waals surface area contributed by atoms with Gasteiger partial charge in [0.2, 0.25) is 5.51 Å². The van der Waals surface area contributed by atoms with Crippen molar-refractivity contribution in [1.29, 1.82) is 0 Å². The zero-order valence-electron chi connectivity index (χ0n) is 27.6. The fourth-order valence-electron chi connectivity index (χ4n) is 5.27. The molecule has 0 spiro atoms. The molecule has 0 aliphatic heterocycles. The zero-order valence-corrected chi connectivity index (χ0v) is 29.2. The summed E-state index contributed by atoms with van der Waals surface area (Å²) in [7, 11) is -3.38. The van der Waals surface area contributed by atoms with Crippen LogP contribution in [0.3, 0.4) is 0 Å². The van der Waals surface area contributed by atoms with Crippen LogP contribution in [0.15, 0.2) is 35.5 Å². The molecule has 0 aromatic carbocycles. The third kappa shape index (κ3) is 19.7. The monoisotopic (exact) mass is 654 g/mol. The van der Waals surface area contributed by atoms with Crippen LogP contribution in [0.4, 0.5) is 0 Å². The van der Waals surface area contributed by atoms with Crippen molar-refractivity contribution in [3.63, 3.8) is 0 Å². The Kier molecular flexibility index (Phi) is 22.4. The predicted molar refractivity (Wildman–Crippen MR) is 180 cm³/mol. The second-order valence-corrected chi connectivity index (χ2v) is 14.8. The Morgan fingerprint density at radius 2 is 1.39 bits per heavy atom. The molecule has 0 N–H and O–H groups in total. The number of thiazole rings is 1. The quantitative estimate of drug-likeness (QED) is 0.0618. The van der Waals surface area contributed by atoms with Gasteiger partial charge < -0.3 is 14.2 Å². The predicted octanol–water partition coefficient (Wildman–Crippen LogP) is 8.28. The Morgan fingerprint density at radius 3 is 1.93 bits per heavy atom. The first kappa shape index (κ1) is 38.6. The number of nitrogens with zero attached hydrogens (tertiary/aromatic N) is 3. The summed E-state index contributed by atoms with van der Waals surface area (Å²) in [6.45, 7) is 5.50. The van der Waals surface area contributed by atoms with E-state index in [9.17, 15) is 8.42 Å². The summed E-state index contributed by atoms with van der Waals surface area (Å²) in [6.07, 6.45) is 26.9. The van der Waals surface area contributed by atoms with Crippen molar-refractivity contribution in [1.82, 2.24) is 9.97 Å². The molecule has 2 aromatic rings. The van der Waals surface area contributed by atoms with Gasteiger partial charge in [-0.2, -0.15) is 4.57 Å². The first-order valence-corrected chi connectivity index (χ1v) is 20.1. The van der Waals surface area contributed by atoms with Crippen LogP contribution in [-0.2, 0) is 19.3 Å². The van der Waals surface area contributed by atoms with Gasteiger partial charge in [0.05, 0.1) is 30.1 Å². The number of hydrogen-bond donors (Lipinski definition) is 0. The summed E-state index contributed by atoms with van der Waals surface area (Å²) in [5.74, 6) is -0.104. The van der Waals surface area contributed by atoms with Crippen molar-refractivity contribution < 1.29 is 27.2 Å². The molecule has 0 fully saturated rings. The Labute approximate surface area is 272 Å². The van der Waals surface area contributed by atoms with Crippen LogP contribution in [0.5, 0.6) is 6.01 Å². The van der Waals surface area contributed by atoms with Crippen molar-refractivity contribution >= 4 is 21.2 Å². The summed E-state index contributed by atoms with van der Waals surface area (Å²) in [5.41, 5.74) is 2.00. The van der Waals surface area contributed by atoms with Crippen LogP contribution >= 0.6 is 11.3 Å². The molecule has 2 unspecified atom stereocenters. The maximum Gasteiger partial charge on any atom is 0.316 e. The molecule has 44 heavy (non-hydrogen) atoms. The van der Waals surface area contributed by atoms with Gasteiger partial charge in [0.25, 0.3) is 6.23 Å². The first-order chi connectivity index (χ1) is 21.5. The third-order valence-corrected chi connectivity index (χ3v) is 10.2. The fourth-order valence-corrected chi connectivity index (χ4v) is 7.35. The minimum Gasteiger partial charge on any atom is -0.457 e. The molecule has 0 aliphatic carbocycles.